The number of hydrogen-bond donors (Lipinski definition) is 0. The summed E-state index contributed by atoms with van der Waals surface area (Å²) in [5, 5.41) is 0. The largest absolute Gasteiger partial charge is 0.496 e. The number of hydrogen-bond acceptors (Lipinski definition) is 3. The molecule has 27 heavy (non-hydrogen) atoms. The molecule has 0 spiro atoms. The van der Waals surface area contributed by atoms with Crippen molar-refractivity contribution >= 4 is 11.6 Å². The zero-order valence-corrected chi connectivity index (χ0v) is 16.1. The van der Waals surface area contributed by atoms with Crippen molar-refractivity contribution < 1.29 is 9.53 Å². The molecular weight excluding hydrogens is 336 g/mol. The number of anilines is 1. The van der Waals surface area contributed by atoms with Crippen LogP contribution in [0.5, 0.6) is 5.75 Å². The second-order valence-corrected chi connectivity index (χ2v) is 7.49. The van der Waals surface area contributed by atoms with Gasteiger partial charge < -0.3 is 14.5 Å². The number of carbonyl (C=O) groups excluding carboxylic acids is 1. The molecule has 0 N–H and O–H groups in total. The predicted molar refractivity (Wildman–Crippen MR) is 109 cm³/mol. The summed E-state index contributed by atoms with van der Waals surface area (Å²) in [4.78, 5) is 17.4. The molecule has 2 aliphatic heterocycles. The van der Waals surface area contributed by atoms with Crippen molar-refractivity contribution in [1.29, 1.82) is 0 Å². The van der Waals surface area contributed by atoms with Crippen LogP contribution in [0.4, 0.5) is 5.69 Å². The summed E-state index contributed by atoms with van der Waals surface area (Å²) in [5.74, 6) is 1.12. The molecule has 0 unspecified atom stereocenters. The highest BCUT2D eigenvalue weighted by Gasteiger charge is 2.30. The Morgan fingerprint density at radius 1 is 1.00 bits per heavy atom. The fraction of sp³-hybridized carbons (Fsp3) is 0.435. The van der Waals surface area contributed by atoms with Crippen LogP contribution in [0.3, 0.4) is 0 Å². The van der Waals surface area contributed by atoms with Crippen molar-refractivity contribution in [3.05, 3.63) is 59.2 Å². The standard InChI is InChI=1S/C23H28N2O2/c1-27-22-13-4-3-9-18(22)10-8-16-25-17-20-19(23(25)26)11-7-12-21(20)24-14-5-2-6-15-24/h3-4,7,9,11-13H,2,5-6,8,10,14-17H2,1H3. The molecule has 2 aliphatic rings. The Hall–Kier alpha value is -2.49. The quantitative estimate of drug-likeness (QED) is 0.767. The van der Waals surface area contributed by atoms with Gasteiger partial charge in [-0.25, -0.2) is 0 Å². The molecule has 1 saturated heterocycles. The van der Waals surface area contributed by atoms with Crippen LogP contribution in [0, 0.1) is 0 Å². The Balaban J connectivity index is 1.42. The number of piperidine rings is 1. The SMILES string of the molecule is COc1ccccc1CCCN1Cc2c(cccc2N2CCCCC2)C1=O. The first-order chi connectivity index (χ1) is 13.3. The number of nitrogens with zero attached hydrogens (tertiary/aromatic N) is 2. The third kappa shape index (κ3) is 3.66. The van der Waals surface area contributed by atoms with Crippen molar-refractivity contribution in [1.82, 2.24) is 4.90 Å². The molecule has 2 aromatic carbocycles. The molecule has 0 aromatic heterocycles. The van der Waals surface area contributed by atoms with E-state index in [1.165, 1.54) is 36.1 Å². The zero-order valence-electron chi connectivity index (χ0n) is 16.1. The first-order valence-electron chi connectivity index (χ1n) is 10.1. The molecule has 0 bridgehead atoms. The van der Waals surface area contributed by atoms with Crippen LogP contribution in [0.2, 0.25) is 0 Å². The minimum Gasteiger partial charge on any atom is -0.496 e. The molecule has 0 radical (unpaired) electrons. The summed E-state index contributed by atoms with van der Waals surface area (Å²) in [5.41, 5.74) is 4.60. The Morgan fingerprint density at radius 2 is 1.81 bits per heavy atom. The Labute approximate surface area is 161 Å². The van der Waals surface area contributed by atoms with Gasteiger partial charge in [0.2, 0.25) is 0 Å². The molecular formula is C23H28N2O2. The van der Waals surface area contributed by atoms with Gasteiger partial charge in [0.15, 0.2) is 0 Å². The second-order valence-electron chi connectivity index (χ2n) is 7.49. The molecule has 4 nitrogen and oxygen atoms in total. The maximum absolute atomic E-state index is 12.9. The van der Waals surface area contributed by atoms with Gasteiger partial charge in [0, 0.05) is 43.0 Å². The van der Waals surface area contributed by atoms with Crippen molar-refractivity contribution in [3.63, 3.8) is 0 Å². The molecule has 4 heteroatoms. The molecule has 2 aromatic rings. The Morgan fingerprint density at radius 3 is 2.63 bits per heavy atom. The number of aryl methyl sites for hydroxylation is 1. The average molecular weight is 364 g/mol. The first-order valence-corrected chi connectivity index (χ1v) is 10.1. The van der Waals surface area contributed by atoms with Gasteiger partial charge in [0.1, 0.15) is 5.75 Å². The van der Waals surface area contributed by atoms with Gasteiger partial charge in [-0.3, -0.25) is 4.79 Å². The molecule has 4 rings (SSSR count). The predicted octanol–water partition coefficient (Wildman–Crippen LogP) is 4.27. The van der Waals surface area contributed by atoms with Crippen LogP contribution < -0.4 is 9.64 Å². The van der Waals surface area contributed by atoms with Gasteiger partial charge >= 0.3 is 0 Å². The van der Waals surface area contributed by atoms with E-state index in [9.17, 15) is 4.79 Å². The summed E-state index contributed by atoms with van der Waals surface area (Å²) < 4.78 is 5.44. The summed E-state index contributed by atoms with van der Waals surface area (Å²) in [6, 6.07) is 14.4. The number of ether oxygens (including phenoxy) is 1. The van der Waals surface area contributed by atoms with Crippen molar-refractivity contribution in [2.45, 2.75) is 38.6 Å². The minimum absolute atomic E-state index is 0.184. The van der Waals surface area contributed by atoms with Gasteiger partial charge in [0.05, 0.1) is 7.11 Å². The summed E-state index contributed by atoms with van der Waals surface area (Å²) in [6.45, 7) is 3.74. The normalized spacial score (nSPS) is 16.6. The van der Waals surface area contributed by atoms with Crippen LogP contribution in [0.15, 0.2) is 42.5 Å². The lowest BCUT2D eigenvalue weighted by molar-refractivity contribution is 0.0777. The number of rotatable bonds is 6. The van der Waals surface area contributed by atoms with Crippen LogP contribution in [0.1, 0.15) is 47.2 Å². The van der Waals surface area contributed by atoms with Crippen molar-refractivity contribution in [2.75, 3.05) is 31.6 Å². The molecule has 142 valence electrons. The maximum Gasteiger partial charge on any atom is 0.254 e. The third-order valence-electron chi connectivity index (χ3n) is 5.78. The van der Waals surface area contributed by atoms with Gasteiger partial charge in [0.25, 0.3) is 5.91 Å². The van der Waals surface area contributed by atoms with E-state index in [1.54, 1.807) is 7.11 Å². The van der Waals surface area contributed by atoms with Crippen molar-refractivity contribution in [2.24, 2.45) is 0 Å². The fourth-order valence-corrected chi connectivity index (χ4v) is 4.36. The summed E-state index contributed by atoms with van der Waals surface area (Å²) >= 11 is 0. The van der Waals surface area contributed by atoms with E-state index in [-0.39, 0.29) is 5.91 Å². The molecule has 1 amide bonds. The van der Waals surface area contributed by atoms with Crippen LogP contribution >= 0.6 is 0 Å². The molecule has 2 heterocycles. The Kier molecular flexibility index (Phi) is 5.33. The summed E-state index contributed by atoms with van der Waals surface area (Å²) in [7, 11) is 1.71. The van der Waals surface area contributed by atoms with E-state index < -0.39 is 0 Å². The van der Waals surface area contributed by atoms with E-state index >= 15 is 0 Å². The second kappa shape index (κ2) is 8.03. The van der Waals surface area contributed by atoms with E-state index in [1.807, 2.05) is 35.2 Å². The van der Waals surface area contributed by atoms with E-state index in [2.05, 4.69) is 17.0 Å². The van der Waals surface area contributed by atoms with Gasteiger partial charge in [-0.05, 0) is 55.9 Å². The molecule has 1 fully saturated rings. The number of para-hydroxylation sites is 1. The Bertz CT molecular complexity index is 812. The number of methoxy groups -OCH3 is 1. The highest BCUT2D eigenvalue weighted by Crippen LogP contribution is 2.33. The van der Waals surface area contributed by atoms with E-state index in [4.69, 9.17) is 4.74 Å². The van der Waals surface area contributed by atoms with Crippen LogP contribution in [-0.4, -0.2) is 37.6 Å². The number of carbonyl (C=O) groups is 1. The lowest BCUT2D eigenvalue weighted by Gasteiger charge is -2.30. The number of fused-ring (bicyclic) bond motifs is 1. The highest BCUT2D eigenvalue weighted by atomic mass is 16.5. The maximum atomic E-state index is 12.9. The van der Waals surface area contributed by atoms with Crippen LogP contribution in [-0.2, 0) is 13.0 Å². The minimum atomic E-state index is 0.184. The monoisotopic (exact) mass is 364 g/mol. The highest BCUT2D eigenvalue weighted by molar-refractivity contribution is 6.00. The van der Waals surface area contributed by atoms with Crippen molar-refractivity contribution in [3.8, 4) is 5.75 Å². The first kappa shape index (κ1) is 17.9. The van der Waals surface area contributed by atoms with E-state index in [0.29, 0.717) is 0 Å². The zero-order chi connectivity index (χ0) is 18.6. The number of amides is 1. The third-order valence-corrected chi connectivity index (χ3v) is 5.78. The van der Waals surface area contributed by atoms with Gasteiger partial charge in [-0.2, -0.15) is 0 Å². The average Bonchev–Trinajstić information content (AvgIpc) is 3.05. The molecule has 0 aliphatic carbocycles. The fourth-order valence-electron chi connectivity index (χ4n) is 4.36. The van der Waals surface area contributed by atoms with E-state index in [0.717, 1.165) is 50.3 Å². The lowest BCUT2D eigenvalue weighted by atomic mass is 10.0. The molecule has 0 saturated carbocycles. The van der Waals surface area contributed by atoms with Gasteiger partial charge in [-0.15, -0.1) is 0 Å². The van der Waals surface area contributed by atoms with Crippen LogP contribution in [0.25, 0.3) is 0 Å². The number of benzene rings is 2. The van der Waals surface area contributed by atoms with Gasteiger partial charge in [-0.1, -0.05) is 24.3 Å². The summed E-state index contributed by atoms with van der Waals surface area (Å²) in [6.07, 6.45) is 5.68. The lowest BCUT2D eigenvalue weighted by Crippen LogP contribution is -2.30. The molecule has 0 atom stereocenters. The topological polar surface area (TPSA) is 32.8 Å². The smallest absolute Gasteiger partial charge is 0.254 e.